The van der Waals surface area contributed by atoms with Gasteiger partial charge in [0.25, 0.3) is 0 Å². The summed E-state index contributed by atoms with van der Waals surface area (Å²) in [5.41, 5.74) is 7.62. The third-order valence-electron chi connectivity index (χ3n) is 3.08. The van der Waals surface area contributed by atoms with E-state index < -0.39 is 0 Å². The van der Waals surface area contributed by atoms with Crippen LogP contribution in [0.2, 0.25) is 0 Å². The lowest BCUT2D eigenvalue weighted by molar-refractivity contribution is 0.0525. The Morgan fingerprint density at radius 2 is 2.29 bits per heavy atom. The van der Waals surface area contributed by atoms with E-state index in [0.29, 0.717) is 17.2 Å². The quantitative estimate of drug-likeness (QED) is 0.837. The molecule has 0 saturated carbocycles. The van der Waals surface area contributed by atoms with Crippen molar-refractivity contribution in [3.63, 3.8) is 0 Å². The van der Waals surface area contributed by atoms with E-state index in [1.165, 1.54) is 16.2 Å². The number of hydrogen-bond acceptors (Lipinski definition) is 5. The summed E-state index contributed by atoms with van der Waals surface area (Å²) in [4.78, 5) is 15.4. The number of anilines is 1. The van der Waals surface area contributed by atoms with E-state index in [4.69, 9.17) is 10.5 Å². The van der Waals surface area contributed by atoms with Gasteiger partial charge in [-0.3, -0.25) is 4.90 Å². The molecule has 0 atom stereocenters. The van der Waals surface area contributed by atoms with Crippen molar-refractivity contribution in [3.05, 3.63) is 16.0 Å². The van der Waals surface area contributed by atoms with Crippen molar-refractivity contribution in [2.24, 2.45) is 0 Å². The Morgan fingerprint density at radius 3 is 2.94 bits per heavy atom. The van der Waals surface area contributed by atoms with Crippen molar-refractivity contribution in [1.29, 1.82) is 0 Å². The molecule has 0 fully saturated rings. The first-order valence-corrected chi connectivity index (χ1v) is 6.78. The highest BCUT2D eigenvalue weighted by molar-refractivity contribution is 7.16. The van der Waals surface area contributed by atoms with Gasteiger partial charge in [-0.1, -0.05) is 6.92 Å². The average Bonchev–Trinajstić information content (AvgIpc) is 2.64. The highest BCUT2D eigenvalue weighted by Crippen LogP contribution is 2.35. The zero-order valence-electron chi connectivity index (χ0n) is 10.3. The van der Waals surface area contributed by atoms with Gasteiger partial charge in [-0.05, 0) is 25.5 Å². The first kappa shape index (κ1) is 12.4. The molecule has 1 aliphatic heterocycles. The summed E-state index contributed by atoms with van der Waals surface area (Å²) in [5.74, 6) is -0.277. The number of fused-ring (bicyclic) bond motifs is 1. The highest BCUT2D eigenvalue weighted by Gasteiger charge is 2.27. The molecular weight excluding hydrogens is 236 g/mol. The molecule has 0 amide bonds. The van der Waals surface area contributed by atoms with Crippen LogP contribution in [0.3, 0.4) is 0 Å². The summed E-state index contributed by atoms with van der Waals surface area (Å²) >= 11 is 1.53. The van der Waals surface area contributed by atoms with E-state index in [2.05, 4.69) is 11.8 Å². The first-order chi connectivity index (χ1) is 8.17. The number of carbonyl (C=O) groups is 1. The van der Waals surface area contributed by atoms with Crippen LogP contribution in [-0.2, 0) is 17.7 Å². The van der Waals surface area contributed by atoms with Crippen molar-refractivity contribution in [2.75, 3.05) is 25.4 Å². The van der Waals surface area contributed by atoms with Gasteiger partial charge in [0.15, 0.2) is 0 Å². The molecule has 2 N–H and O–H groups in total. The molecule has 0 bridgehead atoms. The predicted molar refractivity (Wildman–Crippen MR) is 69.3 cm³/mol. The molecule has 0 unspecified atom stereocenters. The van der Waals surface area contributed by atoms with E-state index in [1.54, 1.807) is 0 Å². The molecule has 0 aromatic carbocycles. The van der Waals surface area contributed by atoms with Crippen LogP contribution in [0.5, 0.6) is 0 Å². The van der Waals surface area contributed by atoms with Gasteiger partial charge in [0.1, 0.15) is 5.00 Å². The summed E-state index contributed by atoms with van der Waals surface area (Å²) in [6, 6.07) is 0. The van der Waals surface area contributed by atoms with Crippen LogP contribution in [0, 0.1) is 0 Å². The summed E-state index contributed by atoms with van der Waals surface area (Å²) in [6.07, 6.45) is 0.984. The van der Waals surface area contributed by atoms with Gasteiger partial charge >= 0.3 is 5.97 Å². The second-order valence-corrected chi connectivity index (χ2v) is 5.22. The molecule has 94 valence electrons. The van der Waals surface area contributed by atoms with Crippen LogP contribution in [0.15, 0.2) is 0 Å². The normalized spacial score (nSPS) is 15.6. The summed E-state index contributed by atoms with van der Waals surface area (Å²) < 4.78 is 5.07. The van der Waals surface area contributed by atoms with Gasteiger partial charge in [0.05, 0.1) is 12.2 Å². The fourth-order valence-electron chi connectivity index (χ4n) is 2.16. The molecule has 2 rings (SSSR count). The monoisotopic (exact) mass is 254 g/mol. The lowest BCUT2D eigenvalue weighted by atomic mass is 10.0. The van der Waals surface area contributed by atoms with Gasteiger partial charge in [0, 0.05) is 18.0 Å². The standard InChI is InChI=1S/C12H18N2O2S/c1-3-14-6-5-9-8(7-14)10(11(13)17-9)12(15)16-4-2/h3-7,13H2,1-2H3. The van der Waals surface area contributed by atoms with Crippen LogP contribution < -0.4 is 5.73 Å². The molecule has 0 aliphatic carbocycles. The number of carbonyl (C=O) groups excluding carboxylic acids is 1. The number of ether oxygens (including phenoxy) is 1. The lowest BCUT2D eigenvalue weighted by Gasteiger charge is -2.25. The van der Waals surface area contributed by atoms with Crippen LogP contribution in [0.25, 0.3) is 0 Å². The Bertz CT molecular complexity index is 428. The number of likely N-dealkylation sites (N-methyl/N-ethyl adjacent to an activating group) is 1. The zero-order valence-corrected chi connectivity index (χ0v) is 11.1. The molecule has 17 heavy (non-hydrogen) atoms. The molecule has 0 saturated heterocycles. The summed E-state index contributed by atoms with van der Waals surface area (Å²) in [6.45, 7) is 7.19. The maximum Gasteiger partial charge on any atom is 0.341 e. The molecule has 2 heterocycles. The largest absolute Gasteiger partial charge is 0.462 e. The van der Waals surface area contributed by atoms with Gasteiger partial charge in [-0.25, -0.2) is 4.79 Å². The topological polar surface area (TPSA) is 55.6 Å². The Hall–Kier alpha value is -1.07. The first-order valence-electron chi connectivity index (χ1n) is 5.96. The second kappa shape index (κ2) is 5.06. The van der Waals surface area contributed by atoms with E-state index in [9.17, 15) is 4.79 Å². The maximum atomic E-state index is 11.9. The molecule has 0 spiro atoms. The fourth-order valence-corrected chi connectivity index (χ4v) is 3.22. The van der Waals surface area contributed by atoms with E-state index in [1.807, 2.05) is 6.92 Å². The number of hydrogen-bond donors (Lipinski definition) is 1. The molecule has 1 aromatic heterocycles. The molecule has 5 heteroatoms. The van der Waals surface area contributed by atoms with Gasteiger partial charge in [-0.2, -0.15) is 0 Å². The molecule has 1 aliphatic rings. The molecule has 0 radical (unpaired) electrons. The van der Waals surface area contributed by atoms with Gasteiger partial charge in [0.2, 0.25) is 0 Å². The van der Waals surface area contributed by atoms with Crippen LogP contribution in [0.4, 0.5) is 5.00 Å². The number of thiophene rings is 1. The van der Waals surface area contributed by atoms with Crippen molar-refractivity contribution in [3.8, 4) is 0 Å². The van der Waals surface area contributed by atoms with Crippen LogP contribution in [0.1, 0.15) is 34.6 Å². The SMILES string of the molecule is CCOC(=O)c1c(N)sc2c1CN(CC)CC2. The highest BCUT2D eigenvalue weighted by atomic mass is 32.1. The zero-order chi connectivity index (χ0) is 12.4. The minimum atomic E-state index is -0.277. The predicted octanol–water partition coefficient (Wildman–Crippen LogP) is 1.89. The Labute approximate surface area is 105 Å². The molecule has 1 aromatic rings. The minimum absolute atomic E-state index is 0.277. The number of nitrogens with zero attached hydrogens (tertiary/aromatic N) is 1. The summed E-state index contributed by atoms with van der Waals surface area (Å²) in [7, 11) is 0. The Balaban J connectivity index is 2.33. The summed E-state index contributed by atoms with van der Waals surface area (Å²) in [5, 5.41) is 0.603. The van der Waals surface area contributed by atoms with E-state index in [0.717, 1.165) is 31.6 Å². The average molecular weight is 254 g/mol. The maximum absolute atomic E-state index is 11.9. The third kappa shape index (κ3) is 2.30. The van der Waals surface area contributed by atoms with Gasteiger partial charge < -0.3 is 10.5 Å². The van der Waals surface area contributed by atoms with Crippen LogP contribution >= 0.6 is 11.3 Å². The van der Waals surface area contributed by atoms with E-state index >= 15 is 0 Å². The smallest absolute Gasteiger partial charge is 0.341 e. The third-order valence-corrected chi connectivity index (χ3v) is 4.20. The lowest BCUT2D eigenvalue weighted by Crippen LogP contribution is -2.30. The number of nitrogens with two attached hydrogens (primary N) is 1. The fraction of sp³-hybridized carbons (Fsp3) is 0.583. The number of rotatable bonds is 3. The van der Waals surface area contributed by atoms with Crippen molar-refractivity contribution in [2.45, 2.75) is 26.8 Å². The second-order valence-electron chi connectivity index (χ2n) is 4.08. The van der Waals surface area contributed by atoms with Gasteiger partial charge in [-0.15, -0.1) is 11.3 Å². The van der Waals surface area contributed by atoms with Crippen LogP contribution in [-0.4, -0.2) is 30.6 Å². The number of esters is 1. The Kier molecular flexibility index (Phi) is 3.69. The van der Waals surface area contributed by atoms with Crippen molar-refractivity contribution < 1.29 is 9.53 Å². The number of nitrogen functional groups attached to an aromatic ring is 1. The van der Waals surface area contributed by atoms with Crippen molar-refractivity contribution >= 4 is 22.3 Å². The Morgan fingerprint density at radius 1 is 1.53 bits per heavy atom. The molecule has 4 nitrogen and oxygen atoms in total. The van der Waals surface area contributed by atoms with Crippen molar-refractivity contribution in [1.82, 2.24) is 4.90 Å². The minimum Gasteiger partial charge on any atom is -0.462 e. The van der Waals surface area contributed by atoms with E-state index in [-0.39, 0.29) is 5.97 Å². The molecular formula is C12H18N2O2S.